The Bertz CT molecular complexity index is 601. The number of alkyl halides is 1. The SMILES string of the molecule is O=c1[nH]c2ccc(OCCl)cc2c(=O)o1. The van der Waals surface area contributed by atoms with Crippen LogP contribution in [-0.2, 0) is 0 Å². The maximum atomic E-state index is 11.3. The highest BCUT2D eigenvalue weighted by Crippen LogP contribution is 2.15. The summed E-state index contributed by atoms with van der Waals surface area (Å²) in [5.74, 6) is -0.338. The highest BCUT2D eigenvalue weighted by atomic mass is 35.5. The summed E-state index contributed by atoms with van der Waals surface area (Å²) < 4.78 is 9.36. The number of hydrogen-bond acceptors (Lipinski definition) is 4. The minimum absolute atomic E-state index is 0.0137. The second-order valence-corrected chi connectivity index (χ2v) is 2.98. The molecular weight excluding hydrogens is 222 g/mol. The predicted octanol–water partition coefficient (Wildman–Crippen LogP) is 1.06. The number of aromatic nitrogens is 1. The van der Waals surface area contributed by atoms with Crippen molar-refractivity contribution in [2.45, 2.75) is 0 Å². The normalized spacial score (nSPS) is 10.5. The van der Waals surface area contributed by atoms with Gasteiger partial charge in [0.25, 0.3) is 0 Å². The second kappa shape index (κ2) is 3.78. The minimum atomic E-state index is -0.779. The first kappa shape index (κ1) is 9.79. The summed E-state index contributed by atoms with van der Waals surface area (Å²) in [6.45, 7) is 0. The topological polar surface area (TPSA) is 72.3 Å². The van der Waals surface area contributed by atoms with Gasteiger partial charge < -0.3 is 9.15 Å². The Labute approximate surface area is 88.2 Å². The van der Waals surface area contributed by atoms with E-state index in [9.17, 15) is 9.59 Å². The van der Waals surface area contributed by atoms with Crippen LogP contribution >= 0.6 is 11.6 Å². The molecule has 0 unspecified atom stereocenters. The molecule has 5 nitrogen and oxygen atoms in total. The molecule has 2 rings (SSSR count). The quantitative estimate of drug-likeness (QED) is 0.779. The van der Waals surface area contributed by atoms with Gasteiger partial charge in [0.05, 0.1) is 10.9 Å². The molecule has 0 saturated carbocycles. The molecule has 0 amide bonds. The van der Waals surface area contributed by atoms with E-state index < -0.39 is 11.4 Å². The molecule has 1 aromatic heterocycles. The molecule has 0 spiro atoms. The zero-order valence-electron chi connectivity index (χ0n) is 7.45. The van der Waals surface area contributed by atoms with E-state index in [1.54, 1.807) is 12.1 Å². The van der Waals surface area contributed by atoms with Crippen LogP contribution in [0.25, 0.3) is 10.9 Å². The van der Waals surface area contributed by atoms with E-state index >= 15 is 0 Å². The monoisotopic (exact) mass is 227 g/mol. The van der Waals surface area contributed by atoms with Crippen LogP contribution in [0.15, 0.2) is 32.2 Å². The molecule has 0 fully saturated rings. The van der Waals surface area contributed by atoms with Crippen molar-refractivity contribution < 1.29 is 9.15 Å². The third-order valence-corrected chi connectivity index (χ3v) is 1.96. The van der Waals surface area contributed by atoms with Gasteiger partial charge in [-0.2, -0.15) is 0 Å². The fourth-order valence-electron chi connectivity index (χ4n) is 1.23. The number of benzene rings is 1. The second-order valence-electron chi connectivity index (χ2n) is 2.76. The number of aromatic amines is 1. The molecule has 1 aromatic carbocycles. The first-order valence-corrected chi connectivity index (χ1v) is 4.60. The smallest absolute Gasteiger partial charge is 0.419 e. The van der Waals surface area contributed by atoms with Crippen molar-refractivity contribution in [1.82, 2.24) is 4.98 Å². The summed E-state index contributed by atoms with van der Waals surface area (Å²) in [5, 5.41) is 0.247. The zero-order chi connectivity index (χ0) is 10.8. The Kier molecular flexibility index (Phi) is 2.47. The predicted molar refractivity (Wildman–Crippen MR) is 54.5 cm³/mol. The van der Waals surface area contributed by atoms with Crippen molar-refractivity contribution in [1.29, 1.82) is 0 Å². The molecule has 0 bridgehead atoms. The van der Waals surface area contributed by atoms with Gasteiger partial charge in [-0.05, 0) is 18.2 Å². The van der Waals surface area contributed by atoms with Gasteiger partial charge in [0.1, 0.15) is 5.75 Å². The van der Waals surface area contributed by atoms with Crippen molar-refractivity contribution in [3.63, 3.8) is 0 Å². The standard InChI is InChI=1S/C9H6ClNO4/c10-4-14-5-1-2-7-6(3-5)8(12)15-9(13)11-7/h1-3H,4H2,(H,11,13). The van der Waals surface area contributed by atoms with Gasteiger partial charge in [0, 0.05) is 0 Å². The van der Waals surface area contributed by atoms with Gasteiger partial charge in [-0.1, -0.05) is 11.6 Å². The van der Waals surface area contributed by atoms with E-state index in [2.05, 4.69) is 9.40 Å². The van der Waals surface area contributed by atoms with Gasteiger partial charge in [0.2, 0.25) is 0 Å². The van der Waals surface area contributed by atoms with Gasteiger partial charge in [-0.3, -0.25) is 4.98 Å². The molecular formula is C9H6ClNO4. The average Bonchev–Trinajstić information content (AvgIpc) is 2.19. The number of rotatable bonds is 2. The molecule has 1 heterocycles. The largest absolute Gasteiger partial charge is 0.478 e. The number of hydrogen-bond donors (Lipinski definition) is 1. The lowest BCUT2D eigenvalue weighted by molar-refractivity contribution is 0.388. The third-order valence-electron chi connectivity index (χ3n) is 1.85. The van der Waals surface area contributed by atoms with Crippen LogP contribution < -0.4 is 16.1 Å². The number of nitrogens with one attached hydrogen (secondary N) is 1. The molecule has 0 aliphatic rings. The van der Waals surface area contributed by atoms with E-state index in [0.717, 1.165) is 0 Å². The summed E-state index contributed by atoms with van der Waals surface area (Å²) in [7, 11) is 0. The molecule has 0 saturated heterocycles. The highest BCUT2D eigenvalue weighted by molar-refractivity contribution is 6.17. The summed E-state index contributed by atoms with van der Waals surface area (Å²) in [4.78, 5) is 24.5. The molecule has 0 radical (unpaired) electrons. The number of fused-ring (bicyclic) bond motifs is 1. The van der Waals surface area contributed by atoms with Gasteiger partial charge in [-0.25, -0.2) is 9.59 Å². The Hall–Kier alpha value is -1.75. The van der Waals surface area contributed by atoms with Crippen molar-refractivity contribution in [2.24, 2.45) is 0 Å². The zero-order valence-corrected chi connectivity index (χ0v) is 8.21. The van der Waals surface area contributed by atoms with Crippen molar-refractivity contribution in [3.05, 3.63) is 39.2 Å². The highest BCUT2D eigenvalue weighted by Gasteiger charge is 2.03. The van der Waals surface area contributed by atoms with Crippen LogP contribution in [-0.4, -0.2) is 11.1 Å². The Morgan fingerprint density at radius 3 is 2.93 bits per heavy atom. The molecule has 0 aliphatic heterocycles. The number of ether oxygens (including phenoxy) is 1. The van der Waals surface area contributed by atoms with E-state index in [1.807, 2.05) is 0 Å². The summed E-state index contributed by atoms with van der Waals surface area (Å²) in [6, 6.07) is 4.59. The van der Waals surface area contributed by atoms with Crippen LogP contribution in [0.5, 0.6) is 5.75 Å². The molecule has 15 heavy (non-hydrogen) atoms. The maximum absolute atomic E-state index is 11.3. The van der Waals surface area contributed by atoms with Crippen LogP contribution in [0.4, 0.5) is 0 Å². The molecule has 0 atom stereocenters. The van der Waals surface area contributed by atoms with E-state index in [0.29, 0.717) is 11.3 Å². The average molecular weight is 228 g/mol. The summed E-state index contributed by atoms with van der Waals surface area (Å²) in [6.07, 6.45) is 0. The molecule has 0 aliphatic carbocycles. The van der Waals surface area contributed by atoms with Crippen molar-refractivity contribution in [2.75, 3.05) is 6.07 Å². The maximum Gasteiger partial charge on any atom is 0.419 e. The van der Waals surface area contributed by atoms with Crippen molar-refractivity contribution in [3.8, 4) is 5.75 Å². The van der Waals surface area contributed by atoms with E-state index in [4.69, 9.17) is 16.3 Å². The van der Waals surface area contributed by atoms with Crippen LogP contribution in [0.2, 0.25) is 0 Å². The van der Waals surface area contributed by atoms with Crippen molar-refractivity contribution >= 4 is 22.5 Å². The first-order chi connectivity index (χ1) is 7.20. The van der Waals surface area contributed by atoms with Gasteiger partial charge in [0.15, 0.2) is 6.07 Å². The number of halogens is 1. The van der Waals surface area contributed by atoms with Crippen LogP contribution in [0, 0.1) is 0 Å². The van der Waals surface area contributed by atoms with Gasteiger partial charge >= 0.3 is 11.4 Å². The summed E-state index contributed by atoms with van der Waals surface area (Å²) >= 11 is 5.37. The van der Waals surface area contributed by atoms with E-state index in [-0.39, 0.29) is 11.5 Å². The fourth-order valence-corrected chi connectivity index (χ4v) is 1.35. The lowest BCUT2D eigenvalue weighted by Crippen LogP contribution is -2.14. The Balaban J connectivity index is 2.71. The fraction of sp³-hybridized carbons (Fsp3) is 0.111. The van der Waals surface area contributed by atoms with Crippen LogP contribution in [0.3, 0.4) is 0 Å². The molecule has 6 heteroatoms. The molecule has 2 aromatic rings. The molecule has 78 valence electrons. The lowest BCUT2D eigenvalue weighted by atomic mass is 10.2. The minimum Gasteiger partial charge on any atom is -0.478 e. The summed E-state index contributed by atoms with van der Waals surface area (Å²) in [5.41, 5.74) is -0.299. The molecule has 1 N–H and O–H groups in total. The first-order valence-electron chi connectivity index (χ1n) is 4.06. The van der Waals surface area contributed by atoms with Crippen LogP contribution in [0.1, 0.15) is 0 Å². The Morgan fingerprint density at radius 1 is 1.40 bits per heavy atom. The Morgan fingerprint density at radius 2 is 2.20 bits per heavy atom. The number of H-pyrrole nitrogens is 1. The third kappa shape index (κ3) is 1.87. The van der Waals surface area contributed by atoms with Gasteiger partial charge in [-0.15, -0.1) is 0 Å². The lowest BCUT2D eigenvalue weighted by Gasteiger charge is -2.01. The van der Waals surface area contributed by atoms with E-state index in [1.165, 1.54) is 6.07 Å².